The molecule has 0 aliphatic carbocycles. The first-order chi connectivity index (χ1) is 9.51. The molecule has 0 aromatic heterocycles. The normalized spacial score (nSPS) is 14.2. The van der Waals surface area contributed by atoms with Crippen LogP contribution in [0.5, 0.6) is 0 Å². The quantitative estimate of drug-likeness (QED) is 0.805. The van der Waals surface area contributed by atoms with Gasteiger partial charge in [-0.3, -0.25) is 4.90 Å². The standard InChI is InChI=1S/C15H19F2NO3/c1-14(2,3)21-13(20)18(5)15(4,9-19)11-7-6-10(16)8-12(11)17/h6-9H,1-5H3. The van der Waals surface area contributed by atoms with Gasteiger partial charge in [-0.15, -0.1) is 0 Å². The number of ether oxygens (including phenoxy) is 1. The second-order valence-corrected chi connectivity index (χ2v) is 5.93. The Morgan fingerprint density at radius 2 is 1.81 bits per heavy atom. The molecule has 1 aromatic carbocycles. The maximum absolute atomic E-state index is 13.9. The first-order valence-corrected chi connectivity index (χ1v) is 6.40. The van der Waals surface area contributed by atoms with Gasteiger partial charge in [-0.1, -0.05) is 6.07 Å². The summed E-state index contributed by atoms with van der Waals surface area (Å²) in [6.45, 7) is 6.39. The molecule has 21 heavy (non-hydrogen) atoms. The molecule has 0 aliphatic heterocycles. The molecule has 0 N–H and O–H groups in total. The lowest BCUT2D eigenvalue weighted by Crippen LogP contribution is -2.48. The Morgan fingerprint density at radius 1 is 1.24 bits per heavy atom. The van der Waals surface area contributed by atoms with Crippen LogP contribution in [0.3, 0.4) is 0 Å². The second kappa shape index (κ2) is 5.79. The summed E-state index contributed by atoms with van der Waals surface area (Å²) in [6.07, 6.45) is -0.353. The predicted octanol–water partition coefficient (Wildman–Crippen LogP) is 3.25. The Kier molecular flexibility index (Phi) is 4.71. The lowest BCUT2D eigenvalue weighted by molar-refractivity contribution is -0.117. The maximum atomic E-state index is 13.9. The summed E-state index contributed by atoms with van der Waals surface area (Å²) in [5, 5.41) is 0. The Hall–Kier alpha value is -1.98. The molecule has 0 spiro atoms. The van der Waals surface area contributed by atoms with Gasteiger partial charge in [0.15, 0.2) is 0 Å². The van der Waals surface area contributed by atoms with Gasteiger partial charge in [0.1, 0.15) is 29.1 Å². The van der Waals surface area contributed by atoms with Gasteiger partial charge in [0.25, 0.3) is 0 Å². The lowest BCUT2D eigenvalue weighted by atomic mass is 9.91. The first kappa shape index (κ1) is 17.1. The number of hydrogen-bond acceptors (Lipinski definition) is 3. The van der Waals surface area contributed by atoms with E-state index in [4.69, 9.17) is 4.74 Å². The van der Waals surface area contributed by atoms with E-state index < -0.39 is 28.9 Å². The van der Waals surface area contributed by atoms with Crippen molar-refractivity contribution in [3.8, 4) is 0 Å². The number of amides is 1. The largest absolute Gasteiger partial charge is 0.444 e. The summed E-state index contributed by atoms with van der Waals surface area (Å²) in [5.41, 5.74) is -2.45. The van der Waals surface area contributed by atoms with Gasteiger partial charge in [-0.2, -0.15) is 0 Å². The minimum atomic E-state index is -1.60. The number of aldehydes is 1. The van der Waals surface area contributed by atoms with Crippen LogP contribution in [0.4, 0.5) is 13.6 Å². The molecule has 1 unspecified atom stereocenters. The molecule has 0 fully saturated rings. The highest BCUT2D eigenvalue weighted by atomic mass is 19.1. The highest BCUT2D eigenvalue weighted by Crippen LogP contribution is 2.29. The summed E-state index contributed by atoms with van der Waals surface area (Å²) in [6, 6.07) is 2.84. The van der Waals surface area contributed by atoms with E-state index in [1.54, 1.807) is 20.8 Å². The van der Waals surface area contributed by atoms with E-state index in [1.165, 1.54) is 14.0 Å². The van der Waals surface area contributed by atoms with E-state index in [1.807, 2.05) is 0 Å². The van der Waals surface area contributed by atoms with Gasteiger partial charge >= 0.3 is 6.09 Å². The average Bonchev–Trinajstić information content (AvgIpc) is 2.34. The predicted molar refractivity (Wildman–Crippen MR) is 73.8 cm³/mol. The Balaban J connectivity index is 3.20. The fraction of sp³-hybridized carbons (Fsp3) is 0.467. The second-order valence-electron chi connectivity index (χ2n) is 5.93. The minimum absolute atomic E-state index is 0.104. The van der Waals surface area contributed by atoms with Crippen LogP contribution in [-0.2, 0) is 15.1 Å². The van der Waals surface area contributed by atoms with Crippen LogP contribution >= 0.6 is 0 Å². The monoisotopic (exact) mass is 299 g/mol. The van der Waals surface area contributed by atoms with Crippen LogP contribution in [0.15, 0.2) is 18.2 Å². The smallest absolute Gasteiger partial charge is 0.411 e. The van der Waals surface area contributed by atoms with E-state index in [0.29, 0.717) is 12.4 Å². The fourth-order valence-electron chi connectivity index (χ4n) is 1.74. The average molecular weight is 299 g/mol. The summed E-state index contributed by atoms with van der Waals surface area (Å²) in [4.78, 5) is 24.5. The molecule has 0 saturated carbocycles. The van der Waals surface area contributed by atoms with Gasteiger partial charge in [0.05, 0.1) is 0 Å². The van der Waals surface area contributed by atoms with Crippen LogP contribution in [-0.4, -0.2) is 29.9 Å². The Bertz CT molecular complexity index is 554. The number of halogens is 2. The van der Waals surface area contributed by atoms with Crippen LogP contribution in [0.1, 0.15) is 33.3 Å². The molecule has 116 valence electrons. The van der Waals surface area contributed by atoms with Crippen molar-refractivity contribution >= 4 is 12.4 Å². The number of rotatable bonds is 3. The van der Waals surface area contributed by atoms with E-state index in [9.17, 15) is 18.4 Å². The van der Waals surface area contributed by atoms with Gasteiger partial charge in [-0.05, 0) is 33.8 Å². The first-order valence-electron chi connectivity index (χ1n) is 6.40. The summed E-state index contributed by atoms with van der Waals surface area (Å²) < 4.78 is 32.1. The third-order valence-electron chi connectivity index (χ3n) is 3.07. The Labute approximate surface area is 122 Å². The molecule has 0 radical (unpaired) electrons. The van der Waals surface area contributed by atoms with E-state index >= 15 is 0 Å². The molecule has 0 bridgehead atoms. The van der Waals surface area contributed by atoms with E-state index in [2.05, 4.69) is 0 Å². The van der Waals surface area contributed by atoms with Crippen LogP contribution < -0.4 is 0 Å². The number of carbonyl (C=O) groups excluding carboxylic acids is 2. The van der Waals surface area contributed by atoms with Gasteiger partial charge in [0.2, 0.25) is 0 Å². The highest BCUT2D eigenvalue weighted by Gasteiger charge is 2.38. The molecule has 1 atom stereocenters. The van der Waals surface area contributed by atoms with Gasteiger partial charge < -0.3 is 9.53 Å². The van der Waals surface area contributed by atoms with E-state index in [0.717, 1.165) is 17.0 Å². The number of benzene rings is 1. The summed E-state index contributed by atoms with van der Waals surface area (Å²) in [7, 11) is 1.32. The van der Waals surface area contributed by atoms with Crippen molar-refractivity contribution in [1.29, 1.82) is 0 Å². The molecule has 0 aliphatic rings. The minimum Gasteiger partial charge on any atom is -0.444 e. The van der Waals surface area contributed by atoms with Crippen molar-refractivity contribution in [3.63, 3.8) is 0 Å². The molecular formula is C15H19F2NO3. The van der Waals surface area contributed by atoms with Crippen LogP contribution in [0.25, 0.3) is 0 Å². The molecule has 0 heterocycles. The third-order valence-corrected chi connectivity index (χ3v) is 3.07. The summed E-state index contributed by atoms with van der Waals surface area (Å²) >= 11 is 0. The maximum Gasteiger partial charge on any atom is 0.411 e. The van der Waals surface area contributed by atoms with Gasteiger partial charge in [0, 0.05) is 18.7 Å². The van der Waals surface area contributed by atoms with Crippen molar-refractivity contribution in [2.24, 2.45) is 0 Å². The molecular weight excluding hydrogens is 280 g/mol. The third kappa shape index (κ3) is 3.77. The van der Waals surface area contributed by atoms with Crippen molar-refractivity contribution in [3.05, 3.63) is 35.4 Å². The zero-order chi connectivity index (χ0) is 16.4. The summed E-state index contributed by atoms with van der Waals surface area (Å²) in [5.74, 6) is -1.66. The number of likely N-dealkylation sites (N-methyl/N-ethyl adjacent to an activating group) is 1. The number of nitrogens with zero attached hydrogens (tertiary/aromatic N) is 1. The molecule has 1 amide bonds. The van der Waals surface area contributed by atoms with Crippen molar-refractivity contribution in [2.75, 3.05) is 7.05 Å². The van der Waals surface area contributed by atoms with Gasteiger partial charge in [-0.25, -0.2) is 13.6 Å². The molecule has 0 saturated heterocycles. The van der Waals surface area contributed by atoms with Crippen molar-refractivity contribution in [2.45, 2.75) is 38.8 Å². The molecule has 6 heteroatoms. The SMILES string of the molecule is CN(C(=O)OC(C)(C)C)C(C)(C=O)c1ccc(F)cc1F. The fourth-order valence-corrected chi connectivity index (χ4v) is 1.74. The molecule has 4 nitrogen and oxygen atoms in total. The zero-order valence-electron chi connectivity index (χ0n) is 12.7. The van der Waals surface area contributed by atoms with E-state index in [-0.39, 0.29) is 5.56 Å². The van der Waals surface area contributed by atoms with Crippen LogP contribution in [0, 0.1) is 11.6 Å². The van der Waals surface area contributed by atoms with Crippen LogP contribution in [0.2, 0.25) is 0 Å². The Morgan fingerprint density at radius 3 is 2.24 bits per heavy atom. The number of hydrogen-bond donors (Lipinski definition) is 0. The zero-order valence-corrected chi connectivity index (χ0v) is 12.7. The topological polar surface area (TPSA) is 46.6 Å². The molecule has 1 aromatic rings. The molecule has 1 rings (SSSR count). The van der Waals surface area contributed by atoms with Crippen molar-refractivity contribution in [1.82, 2.24) is 4.90 Å². The number of carbonyl (C=O) groups is 2. The van der Waals surface area contributed by atoms with Crippen molar-refractivity contribution < 1.29 is 23.1 Å². The highest BCUT2D eigenvalue weighted by molar-refractivity contribution is 5.78. The lowest BCUT2D eigenvalue weighted by Gasteiger charge is -2.35.